The van der Waals surface area contributed by atoms with Crippen molar-refractivity contribution in [2.75, 3.05) is 20.1 Å². The average Bonchev–Trinajstić information content (AvgIpc) is 3.58. The van der Waals surface area contributed by atoms with E-state index in [1.807, 2.05) is 20.8 Å². The molecule has 1 aromatic heterocycles. The van der Waals surface area contributed by atoms with Gasteiger partial charge >= 0.3 is 6.09 Å². The van der Waals surface area contributed by atoms with Crippen molar-refractivity contribution in [3.63, 3.8) is 0 Å². The molecule has 1 aliphatic carbocycles. The molecule has 1 saturated heterocycles. The van der Waals surface area contributed by atoms with Crippen LogP contribution in [0.25, 0.3) is 10.8 Å². The molecule has 0 atom stereocenters. The van der Waals surface area contributed by atoms with Crippen molar-refractivity contribution in [1.29, 1.82) is 0 Å². The lowest BCUT2D eigenvalue weighted by Gasteiger charge is -2.36. The van der Waals surface area contributed by atoms with Gasteiger partial charge in [-0.3, -0.25) is 4.79 Å². The number of rotatable bonds is 5. The number of nitrogens with zero attached hydrogens (tertiary/aromatic N) is 3. The van der Waals surface area contributed by atoms with E-state index >= 15 is 0 Å². The molecule has 1 saturated carbocycles. The highest BCUT2D eigenvalue weighted by Crippen LogP contribution is 2.33. The minimum atomic E-state index is -3.84. The third-order valence-corrected chi connectivity index (χ3v) is 8.85. The van der Waals surface area contributed by atoms with Crippen molar-refractivity contribution in [2.24, 2.45) is 5.92 Å². The van der Waals surface area contributed by atoms with Gasteiger partial charge in [-0.25, -0.2) is 13.2 Å². The summed E-state index contributed by atoms with van der Waals surface area (Å²) in [6.07, 6.45) is 4.26. The number of benzene rings is 1. The standard InChI is InChI=1S/C24H32BrN3O5S/c1-24(2,3)33-23(30)26(4)18-9-11-28(12-10-18)34(31,32)21-15-27(14-16-5-6-16)22(29)19-8-7-17(25)13-20(19)21/h7-8,13,15-16,18H,5-6,9-12,14H2,1-4H3. The van der Waals surface area contributed by atoms with Gasteiger partial charge in [0.25, 0.3) is 5.56 Å². The maximum atomic E-state index is 13.8. The van der Waals surface area contributed by atoms with Gasteiger partial charge in [-0.2, -0.15) is 4.31 Å². The van der Waals surface area contributed by atoms with E-state index in [4.69, 9.17) is 4.74 Å². The fourth-order valence-electron chi connectivity index (χ4n) is 4.34. The summed E-state index contributed by atoms with van der Waals surface area (Å²) < 4.78 is 36.7. The van der Waals surface area contributed by atoms with Crippen LogP contribution in [0.4, 0.5) is 4.79 Å². The number of hydrogen-bond donors (Lipinski definition) is 0. The van der Waals surface area contributed by atoms with Gasteiger partial charge in [0.1, 0.15) is 10.5 Å². The van der Waals surface area contributed by atoms with E-state index in [9.17, 15) is 18.0 Å². The molecule has 0 radical (unpaired) electrons. The predicted molar refractivity (Wildman–Crippen MR) is 134 cm³/mol. The minimum Gasteiger partial charge on any atom is -0.444 e. The molecule has 1 amide bonds. The highest BCUT2D eigenvalue weighted by Gasteiger charge is 2.35. The van der Waals surface area contributed by atoms with E-state index < -0.39 is 21.7 Å². The van der Waals surface area contributed by atoms with Crippen LogP contribution in [0.5, 0.6) is 0 Å². The Labute approximate surface area is 209 Å². The largest absolute Gasteiger partial charge is 0.444 e. The summed E-state index contributed by atoms with van der Waals surface area (Å²) in [5, 5.41) is 0.837. The summed E-state index contributed by atoms with van der Waals surface area (Å²) in [5.41, 5.74) is -0.750. The average molecular weight is 555 g/mol. The molecule has 0 bridgehead atoms. The molecular weight excluding hydrogens is 522 g/mol. The van der Waals surface area contributed by atoms with E-state index in [-0.39, 0.29) is 29.6 Å². The van der Waals surface area contributed by atoms with Crippen molar-refractivity contribution in [2.45, 2.75) is 69.5 Å². The summed E-state index contributed by atoms with van der Waals surface area (Å²) in [5.74, 6) is 0.431. The monoisotopic (exact) mass is 553 g/mol. The number of pyridine rings is 1. The first-order valence-corrected chi connectivity index (χ1v) is 13.9. The number of amides is 1. The molecule has 4 rings (SSSR count). The summed E-state index contributed by atoms with van der Waals surface area (Å²) in [6.45, 7) is 6.57. The molecule has 0 N–H and O–H groups in total. The number of piperidine rings is 1. The summed E-state index contributed by atoms with van der Waals surface area (Å²) in [4.78, 5) is 27.2. The molecule has 2 aromatic rings. The Morgan fingerprint density at radius 3 is 2.38 bits per heavy atom. The number of carbonyl (C=O) groups excluding carboxylic acids is 1. The van der Waals surface area contributed by atoms with Crippen LogP contribution in [0.3, 0.4) is 0 Å². The second-order valence-corrected chi connectivity index (χ2v) is 13.1. The Morgan fingerprint density at radius 1 is 1.15 bits per heavy atom. The number of ether oxygens (including phenoxy) is 1. The first-order chi connectivity index (χ1) is 15.9. The maximum Gasteiger partial charge on any atom is 0.410 e. The second-order valence-electron chi connectivity index (χ2n) is 10.3. The highest BCUT2D eigenvalue weighted by atomic mass is 79.9. The zero-order valence-corrected chi connectivity index (χ0v) is 22.5. The lowest BCUT2D eigenvalue weighted by Crippen LogP contribution is -2.48. The number of halogens is 1. The van der Waals surface area contributed by atoms with Crippen LogP contribution in [0, 0.1) is 5.92 Å². The van der Waals surface area contributed by atoms with Crippen LogP contribution < -0.4 is 5.56 Å². The van der Waals surface area contributed by atoms with Crippen LogP contribution in [0.1, 0.15) is 46.5 Å². The number of carbonyl (C=O) groups is 1. The van der Waals surface area contributed by atoms with Crippen molar-refractivity contribution >= 4 is 42.8 Å². The van der Waals surface area contributed by atoms with Crippen LogP contribution >= 0.6 is 15.9 Å². The number of fused-ring (bicyclic) bond motifs is 1. The lowest BCUT2D eigenvalue weighted by molar-refractivity contribution is 0.0178. The van der Waals surface area contributed by atoms with Crippen LogP contribution in [-0.4, -0.2) is 60.1 Å². The predicted octanol–water partition coefficient (Wildman–Crippen LogP) is 4.19. The van der Waals surface area contributed by atoms with Crippen LogP contribution in [0.15, 0.2) is 38.6 Å². The van der Waals surface area contributed by atoms with E-state index in [0.29, 0.717) is 40.5 Å². The molecule has 1 aliphatic heterocycles. The number of aromatic nitrogens is 1. The van der Waals surface area contributed by atoms with Crippen molar-refractivity contribution < 1.29 is 17.9 Å². The minimum absolute atomic E-state index is 0.101. The van der Waals surface area contributed by atoms with Gasteiger partial charge in [-0.15, -0.1) is 0 Å². The van der Waals surface area contributed by atoms with E-state index in [1.54, 1.807) is 34.7 Å². The molecule has 10 heteroatoms. The van der Waals surface area contributed by atoms with Gasteiger partial charge in [0.05, 0.1) is 0 Å². The van der Waals surface area contributed by atoms with E-state index in [2.05, 4.69) is 15.9 Å². The summed E-state index contributed by atoms with van der Waals surface area (Å²) in [7, 11) is -2.14. The molecular formula is C24H32BrN3O5S. The van der Waals surface area contributed by atoms with Gasteiger partial charge in [0, 0.05) is 54.2 Å². The maximum absolute atomic E-state index is 13.8. The molecule has 0 unspecified atom stereocenters. The number of hydrogen-bond acceptors (Lipinski definition) is 5. The van der Waals surface area contributed by atoms with Gasteiger partial charge in [-0.05, 0) is 70.6 Å². The summed E-state index contributed by atoms with van der Waals surface area (Å²) >= 11 is 3.41. The van der Waals surface area contributed by atoms with E-state index in [1.165, 1.54) is 10.5 Å². The second kappa shape index (κ2) is 9.28. The molecule has 8 nitrogen and oxygen atoms in total. The fourth-order valence-corrected chi connectivity index (χ4v) is 6.38. The van der Waals surface area contributed by atoms with E-state index in [0.717, 1.165) is 12.8 Å². The Balaban J connectivity index is 1.60. The Hall–Kier alpha value is -1.91. The fraction of sp³-hybridized carbons (Fsp3) is 0.583. The zero-order valence-electron chi connectivity index (χ0n) is 20.1. The first kappa shape index (κ1) is 25.2. The molecule has 2 aliphatic rings. The van der Waals surface area contributed by atoms with Crippen molar-refractivity contribution in [3.05, 3.63) is 39.2 Å². The molecule has 1 aromatic carbocycles. The van der Waals surface area contributed by atoms with Crippen LogP contribution in [0.2, 0.25) is 0 Å². The van der Waals surface area contributed by atoms with Gasteiger partial charge in [0.15, 0.2) is 0 Å². The SMILES string of the molecule is CN(C(=O)OC(C)(C)C)C1CCN(S(=O)(=O)c2cn(CC3CC3)c(=O)c3ccc(Br)cc23)CC1. The van der Waals surface area contributed by atoms with Gasteiger partial charge in [0.2, 0.25) is 10.0 Å². The third kappa shape index (κ3) is 5.33. The van der Waals surface area contributed by atoms with Gasteiger partial charge in [-0.1, -0.05) is 15.9 Å². The van der Waals surface area contributed by atoms with Crippen molar-refractivity contribution in [3.8, 4) is 0 Å². The molecule has 186 valence electrons. The zero-order chi connectivity index (χ0) is 24.8. The topological polar surface area (TPSA) is 88.9 Å². The number of sulfonamides is 1. The summed E-state index contributed by atoms with van der Waals surface area (Å²) in [6, 6.07) is 5.05. The lowest BCUT2D eigenvalue weighted by atomic mass is 10.1. The van der Waals surface area contributed by atoms with Crippen LogP contribution in [-0.2, 0) is 21.3 Å². The smallest absolute Gasteiger partial charge is 0.410 e. The van der Waals surface area contributed by atoms with Crippen molar-refractivity contribution in [1.82, 2.24) is 13.8 Å². The quantitative estimate of drug-likeness (QED) is 0.553. The first-order valence-electron chi connectivity index (χ1n) is 11.7. The van der Waals surface area contributed by atoms with Gasteiger partial charge < -0.3 is 14.2 Å². The molecule has 0 spiro atoms. The normalized spacial score (nSPS) is 18.3. The Kier molecular flexibility index (Phi) is 6.87. The third-order valence-electron chi connectivity index (χ3n) is 6.43. The molecule has 2 fully saturated rings. The Bertz CT molecular complexity index is 1260. The Morgan fingerprint density at radius 2 is 1.79 bits per heavy atom. The molecule has 34 heavy (non-hydrogen) atoms. The highest BCUT2D eigenvalue weighted by molar-refractivity contribution is 9.10. The molecule has 2 heterocycles.